The molecule has 4 aromatic rings. The molecule has 212 valence electrons. The summed E-state index contributed by atoms with van der Waals surface area (Å²) in [5.74, 6) is 0.637. The fraction of sp³-hybridized carbons (Fsp3) is 0.125. The first-order valence-electron chi connectivity index (χ1n) is 12.9. The van der Waals surface area contributed by atoms with Gasteiger partial charge in [-0.1, -0.05) is 41.9 Å². The number of hydrogen-bond donors (Lipinski definition) is 1. The van der Waals surface area contributed by atoms with E-state index in [9.17, 15) is 20.2 Å². The molecule has 0 saturated carbocycles. The van der Waals surface area contributed by atoms with Crippen LogP contribution in [-0.4, -0.2) is 17.4 Å². The maximum atomic E-state index is 12.9. The van der Waals surface area contributed by atoms with E-state index in [1.807, 2.05) is 36.4 Å². The summed E-state index contributed by atoms with van der Waals surface area (Å²) in [6.07, 6.45) is 1.40. The van der Waals surface area contributed by atoms with Crippen molar-refractivity contribution in [1.82, 2.24) is 0 Å². The highest BCUT2D eigenvalue weighted by molar-refractivity contribution is 6.32. The van der Waals surface area contributed by atoms with Crippen molar-refractivity contribution in [3.63, 3.8) is 0 Å². The van der Waals surface area contributed by atoms with Gasteiger partial charge in [-0.3, -0.25) is 14.9 Å². The number of nitrogens with zero attached hydrogens (tertiary/aromatic N) is 2. The van der Waals surface area contributed by atoms with Gasteiger partial charge in [0.2, 0.25) is 0 Å². The van der Waals surface area contributed by atoms with Gasteiger partial charge in [-0.05, 0) is 78.2 Å². The lowest BCUT2D eigenvalue weighted by Crippen LogP contribution is -2.13. The lowest BCUT2D eigenvalue weighted by molar-refractivity contribution is -0.384. The maximum Gasteiger partial charge on any atom is 0.269 e. The molecular weight excluding hydrogens is 558 g/mol. The van der Waals surface area contributed by atoms with Gasteiger partial charge in [-0.2, -0.15) is 5.26 Å². The number of nitriles is 1. The first-order chi connectivity index (χ1) is 20.4. The van der Waals surface area contributed by atoms with Crippen LogP contribution in [0.5, 0.6) is 17.2 Å². The van der Waals surface area contributed by atoms with Crippen molar-refractivity contribution >= 4 is 35.0 Å². The molecule has 0 spiro atoms. The Hall–Kier alpha value is -5.33. The Morgan fingerprint density at radius 3 is 2.26 bits per heavy atom. The monoisotopic (exact) mass is 583 g/mol. The zero-order valence-electron chi connectivity index (χ0n) is 22.6. The van der Waals surface area contributed by atoms with Gasteiger partial charge in [0, 0.05) is 17.8 Å². The minimum Gasteiger partial charge on any atom is -0.490 e. The molecule has 0 aliphatic heterocycles. The van der Waals surface area contributed by atoms with Crippen LogP contribution in [0.1, 0.15) is 23.6 Å². The van der Waals surface area contributed by atoms with Gasteiger partial charge in [0.25, 0.3) is 11.6 Å². The number of hydrogen-bond acceptors (Lipinski definition) is 7. The van der Waals surface area contributed by atoms with Gasteiger partial charge in [0.15, 0.2) is 11.5 Å². The van der Waals surface area contributed by atoms with Crippen LogP contribution in [0.3, 0.4) is 0 Å². The molecule has 0 aromatic heterocycles. The molecule has 9 nitrogen and oxygen atoms in total. The van der Waals surface area contributed by atoms with Crippen molar-refractivity contribution in [3.8, 4) is 23.3 Å². The van der Waals surface area contributed by atoms with Gasteiger partial charge < -0.3 is 19.5 Å². The van der Waals surface area contributed by atoms with E-state index in [0.717, 1.165) is 5.56 Å². The van der Waals surface area contributed by atoms with Crippen LogP contribution in [-0.2, 0) is 18.0 Å². The summed E-state index contributed by atoms with van der Waals surface area (Å²) in [5.41, 5.74) is 2.53. The molecule has 0 unspecified atom stereocenters. The Kier molecular flexibility index (Phi) is 10.1. The van der Waals surface area contributed by atoms with Crippen LogP contribution in [0.2, 0.25) is 5.02 Å². The van der Waals surface area contributed by atoms with Crippen LogP contribution in [0.15, 0.2) is 96.6 Å². The second-order valence-corrected chi connectivity index (χ2v) is 9.31. The number of rotatable bonds is 12. The molecule has 1 amide bonds. The SMILES string of the molecule is CCOc1cc(/C=C(\C#N)C(=O)Nc2ccc(OCc3ccccc3)cc2)cc(Cl)c1OCc1ccc([N+](=O)[O-])cc1. The van der Waals surface area contributed by atoms with Crippen LogP contribution in [0.25, 0.3) is 6.08 Å². The predicted molar refractivity (Wildman–Crippen MR) is 159 cm³/mol. The Morgan fingerprint density at radius 2 is 1.62 bits per heavy atom. The summed E-state index contributed by atoms with van der Waals surface area (Å²) < 4.78 is 17.3. The smallest absolute Gasteiger partial charge is 0.269 e. The molecule has 0 saturated heterocycles. The molecule has 4 rings (SSSR count). The first-order valence-corrected chi connectivity index (χ1v) is 13.3. The number of anilines is 1. The predicted octanol–water partition coefficient (Wildman–Crippen LogP) is 7.35. The van der Waals surface area contributed by atoms with Gasteiger partial charge >= 0.3 is 0 Å². The van der Waals surface area contributed by atoms with Crippen molar-refractivity contribution < 1.29 is 23.9 Å². The molecular formula is C32H26ClN3O6. The van der Waals surface area contributed by atoms with Crippen molar-refractivity contribution in [2.24, 2.45) is 0 Å². The zero-order chi connectivity index (χ0) is 29.9. The van der Waals surface area contributed by atoms with E-state index < -0.39 is 10.8 Å². The second kappa shape index (κ2) is 14.3. The second-order valence-electron chi connectivity index (χ2n) is 8.90. The van der Waals surface area contributed by atoms with Crippen molar-refractivity contribution in [1.29, 1.82) is 5.26 Å². The van der Waals surface area contributed by atoms with E-state index >= 15 is 0 Å². The molecule has 42 heavy (non-hydrogen) atoms. The molecule has 4 aromatic carbocycles. The van der Waals surface area contributed by atoms with Crippen LogP contribution in [0.4, 0.5) is 11.4 Å². The number of amides is 1. The van der Waals surface area contributed by atoms with Crippen molar-refractivity contribution in [2.75, 3.05) is 11.9 Å². The van der Waals surface area contributed by atoms with Crippen LogP contribution < -0.4 is 19.5 Å². The molecule has 0 fully saturated rings. The number of benzene rings is 4. The van der Waals surface area contributed by atoms with Crippen molar-refractivity contribution in [2.45, 2.75) is 20.1 Å². The molecule has 0 aliphatic carbocycles. The lowest BCUT2D eigenvalue weighted by atomic mass is 10.1. The summed E-state index contributed by atoms with van der Waals surface area (Å²) in [7, 11) is 0. The highest BCUT2D eigenvalue weighted by Crippen LogP contribution is 2.38. The minimum absolute atomic E-state index is 0.0230. The molecule has 1 N–H and O–H groups in total. The Morgan fingerprint density at radius 1 is 0.952 bits per heavy atom. The van der Waals surface area contributed by atoms with Gasteiger partial charge in [-0.15, -0.1) is 0 Å². The summed E-state index contributed by atoms with van der Waals surface area (Å²) in [5, 5.41) is 23.5. The van der Waals surface area contributed by atoms with E-state index in [4.69, 9.17) is 25.8 Å². The Bertz CT molecular complexity index is 1620. The van der Waals surface area contributed by atoms with Gasteiger partial charge in [0.1, 0.15) is 30.6 Å². The quantitative estimate of drug-likeness (QED) is 0.0800. The van der Waals surface area contributed by atoms with Crippen LogP contribution in [0, 0.1) is 21.4 Å². The molecule has 10 heteroatoms. The third kappa shape index (κ3) is 8.10. The van der Waals surface area contributed by atoms with E-state index in [2.05, 4.69) is 5.32 Å². The Balaban J connectivity index is 1.43. The van der Waals surface area contributed by atoms with Gasteiger partial charge in [-0.25, -0.2) is 0 Å². The fourth-order valence-electron chi connectivity index (χ4n) is 3.83. The zero-order valence-corrected chi connectivity index (χ0v) is 23.3. The molecule has 0 heterocycles. The standard InChI is InChI=1S/C32H26ClN3O6/c1-2-40-30-18-24(17-29(33)31(30)42-21-23-8-12-27(13-9-23)36(38)39)16-25(19-34)32(37)35-26-10-14-28(15-11-26)41-20-22-6-4-3-5-7-22/h3-18H,2,20-21H2,1H3,(H,35,37)/b25-16+. The van der Waals surface area contributed by atoms with E-state index in [-0.39, 0.29) is 28.6 Å². The van der Waals surface area contributed by atoms with Crippen molar-refractivity contribution in [3.05, 3.63) is 128 Å². The average Bonchev–Trinajstić information content (AvgIpc) is 3.00. The van der Waals surface area contributed by atoms with E-state index in [1.165, 1.54) is 18.2 Å². The number of carbonyl (C=O) groups is 1. The minimum atomic E-state index is -0.594. The molecule has 0 bridgehead atoms. The molecule has 0 atom stereocenters. The highest BCUT2D eigenvalue weighted by atomic mass is 35.5. The third-order valence-corrected chi connectivity index (χ3v) is 6.18. The number of halogens is 1. The fourth-order valence-corrected chi connectivity index (χ4v) is 4.11. The summed E-state index contributed by atoms with van der Waals surface area (Å²) in [4.78, 5) is 23.3. The number of nitrogens with one attached hydrogen (secondary N) is 1. The first kappa shape index (κ1) is 29.6. The Labute approximate surface area is 247 Å². The number of nitro groups is 1. The third-order valence-electron chi connectivity index (χ3n) is 5.90. The highest BCUT2D eigenvalue weighted by Gasteiger charge is 2.15. The number of non-ortho nitro benzene ring substituents is 1. The number of ether oxygens (including phenoxy) is 3. The van der Waals surface area contributed by atoms with E-state index in [1.54, 1.807) is 55.5 Å². The summed E-state index contributed by atoms with van der Waals surface area (Å²) >= 11 is 6.50. The van der Waals surface area contributed by atoms with E-state index in [0.29, 0.717) is 41.5 Å². The average molecular weight is 584 g/mol. The number of carbonyl (C=O) groups excluding carboxylic acids is 1. The lowest BCUT2D eigenvalue weighted by Gasteiger charge is -2.15. The normalized spacial score (nSPS) is 10.8. The largest absolute Gasteiger partial charge is 0.490 e. The molecule has 0 aliphatic rings. The van der Waals surface area contributed by atoms with Gasteiger partial charge in [0.05, 0.1) is 16.6 Å². The molecule has 0 radical (unpaired) electrons. The summed E-state index contributed by atoms with van der Waals surface area (Å²) in [6, 6.07) is 27.7. The summed E-state index contributed by atoms with van der Waals surface area (Å²) in [6.45, 7) is 2.62. The maximum absolute atomic E-state index is 12.9. The topological polar surface area (TPSA) is 124 Å². The number of nitro benzene ring substituents is 1. The van der Waals surface area contributed by atoms with Crippen LogP contribution >= 0.6 is 11.6 Å².